The second-order valence-electron chi connectivity index (χ2n) is 4.87. The number of imide groups is 1. The Hall–Kier alpha value is -1.67. The van der Waals surface area contributed by atoms with Gasteiger partial charge in [0.25, 0.3) is 0 Å². The van der Waals surface area contributed by atoms with Gasteiger partial charge in [-0.3, -0.25) is 9.59 Å². The van der Waals surface area contributed by atoms with Gasteiger partial charge in [0, 0.05) is 10.9 Å². The fourth-order valence-electron chi connectivity index (χ4n) is 1.98. The summed E-state index contributed by atoms with van der Waals surface area (Å²) in [6, 6.07) is 6.92. The Balaban J connectivity index is 2.57. The van der Waals surface area contributed by atoms with Crippen LogP contribution >= 0.6 is 15.9 Å². The Labute approximate surface area is 113 Å². The van der Waals surface area contributed by atoms with Gasteiger partial charge in [-0.1, -0.05) is 29.8 Å². The third-order valence-corrected chi connectivity index (χ3v) is 3.44. The average molecular weight is 307 g/mol. The molecule has 0 aliphatic carbocycles. The highest BCUT2D eigenvalue weighted by atomic mass is 79.9. The van der Waals surface area contributed by atoms with Crippen molar-refractivity contribution in [2.45, 2.75) is 20.3 Å². The summed E-state index contributed by atoms with van der Waals surface area (Å²) < 4.78 is 0.724. The lowest BCUT2D eigenvalue weighted by atomic mass is 9.92. The maximum Gasteiger partial charge on any atom is 0.239 e. The van der Waals surface area contributed by atoms with E-state index in [9.17, 15) is 9.59 Å². The number of nitriles is 1. The molecule has 1 aliphatic heterocycles. The van der Waals surface area contributed by atoms with Crippen molar-refractivity contribution in [1.29, 1.82) is 5.26 Å². The largest absolute Gasteiger partial charge is 0.274 e. The van der Waals surface area contributed by atoms with Crippen LogP contribution in [0.4, 0.5) is 5.69 Å². The third-order valence-electron chi connectivity index (χ3n) is 2.95. The van der Waals surface area contributed by atoms with Gasteiger partial charge in [-0.25, -0.2) is 4.90 Å². The fourth-order valence-corrected chi connectivity index (χ4v) is 2.33. The summed E-state index contributed by atoms with van der Waals surface area (Å²) in [5.74, 6) is -0.526. The highest BCUT2D eigenvalue weighted by molar-refractivity contribution is 9.10. The second-order valence-corrected chi connectivity index (χ2v) is 5.78. The Bertz CT molecular complexity index is 587. The van der Waals surface area contributed by atoms with Gasteiger partial charge in [0.05, 0.1) is 16.7 Å². The lowest BCUT2D eigenvalue weighted by molar-refractivity contribution is -0.124. The summed E-state index contributed by atoms with van der Waals surface area (Å²) in [6.45, 7) is 3.47. The van der Waals surface area contributed by atoms with Gasteiger partial charge < -0.3 is 0 Å². The van der Waals surface area contributed by atoms with E-state index in [0.29, 0.717) is 11.3 Å². The predicted octanol–water partition coefficient (Wildman–Crippen LogP) is 2.61. The quantitative estimate of drug-likeness (QED) is 0.749. The highest BCUT2D eigenvalue weighted by Gasteiger charge is 2.46. The Morgan fingerprint density at radius 2 is 2.06 bits per heavy atom. The first-order chi connectivity index (χ1) is 8.36. The number of nitrogens with zero attached hydrogens (tertiary/aromatic N) is 2. The Morgan fingerprint density at radius 1 is 1.39 bits per heavy atom. The molecule has 2 rings (SSSR count). The van der Waals surface area contributed by atoms with Crippen molar-refractivity contribution in [3.63, 3.8) is 0 Å². The molecule has 92 valence electrons. The van der Waals surface area contributed by atoms with Crippen LogP contribution in [0.1, 0.15) is 25.8 Å². The van der Waals surface area contributed by atoms with Crippen LogP contribution in [-0.2, 0) is 9.59 Å². The number of carbonyl (C=O) groups is 2. The topological polar surface area (TPSA) is 61.2 Å². The average Bonchev–Trinajstić information content (AvgIpc) is 2.48. The van der Waals surface area contributed by atoms with Crippen molar-refractivity contribution in [2.24, 2.45) is 5.41 Å². The van der Waals surface area contributed by atoms with Gasteiger partial charge in [0.2, 0.25) is 11.8 Å². The van der Waals surface area contributed by atoms with E-state index >= 15 is 0 Å². The van der Waals surface area contributed by atoms with Crippen molar-refractivity contribution in [2.75, 3.05) is 4.90 Å². The van der Waals surface area contributed by atoms with Gasteiger partial charge in [-0.05, 0) is 18.2 Å². The lowest BCUT2D eigenvalue weighted by Crippen LogP contribution is -2.33. The normalized spacial score (nSPS) is 18.0. The van der Waals surface area contributed by atoms with Crippen molar-refractivity contribution in [3.8, 4) is 6.07 Å². The Morgan fingerprint density at radius 3 is 2.56 bits per heavy atom. The molecule has 1 heterocycles. The standard InChI is InChI=1S/C13H11BrN2O2/c1-13(2)6-11(17)16(12(13)18)10-5-9(14)4-3-8(10)7-15/h3-5H,6H2,1-2H3. The van der Waals surface area contributed by atoms with Crippen LogP contribution in [0.15, 0.2) is 22.7 Å². The number of halogens is 1. The maximum absolute atomic E-state index is 12.2. The minimum atomic E-state index is -0.702. The van der Waals surface area contributed by atoms with Gasteiger partial charge >= 0.3 is 0 Å². The van der Waals surface area contributed by atoms with Crippen LogP contribution in [0.2, 0.25) is 0 Å². The smallest absolute Gasteiger partial charge is 0.239 e. The summed E-state index contributed by atoms with van der Waals surface area (Å²) in [5.41, 5.74) is -0.0309. The minimum Gasteiger partial charge on any atom is -0.274 e. The number of amides is 2. The van der Waals surface area contributed by atoms with E-state index in [0.717, 1.165) is 9.37 Å². The van der Waals surface area contributed by atoms with Crippen LogP contribution in [0.5, 0.6) is 0 Å². The molecular weight excluding hydrogens is 296 g/mol. The summed E-state index contributed by atoms with van der Waals surface area (Å²) in [6.07, 6.45) is 0.170. The van der Waals surface area contributed by atoms with Crippen molar-refractivity contribution < 1.29 is 9.59 Å². The molecule has 1 saturated heterocycles. The first-order valence-corrected chi connectivity index (χ1v) is 6.23. The zero-order valence-electron chi connectivity index (χ0n) is 10.0. The van der Waals surface area contributed by atoms with Crippen LogP contribution in [-0.4, -0.2) is 11.8 Å². The van der Waals surface area contributed by atoms with E-state index in [1.807, 2.05) is 6.07 Å². The van der Waals surface area contributed by atoms with Crippen LogP contribution in [0, 0.1) is 16.7 Å². The molecule has 0 bridgehead atoms. The molecule has 0 unspecified atom stereocenters. The highest BCUT2D eigenvalue weighted by Crippen LogP contribution is 2.37. The molecule has 0 atom stereocenters. The molecule has 5 heteroatoms. The predicted molar refractivity (Wildman–Crippen MR) is 69.7 cm³/mol. The van der Waals surface area contributed by atoms with Gasteiger partial charge in [-0.15, -0.1) is 0 Å². The molecule has 1 aromatic rings. The SMILES string of the molecule is CC1(C)CC(=O)N(c2cc(Br)ccc2C#N)C1=O. The van der Waals surface area contributed by atoms with E-state index in [4.69, 9.17) is 5.26 Å². The lowest BCUT2D eigenvalue weighted by Gasteiger charge is -2.19. The number of benzene rings is 1. The van der Waals surface area contributed by atoms with Crippen LogP contribution < -0.4 is 4.90 Å². The number of carbonyl (C=O) groups excluding carboxylic acids is 2. The second kappa shape index (κ2) is 4.21. The summed E-state index contributed by atoms with van der Waals surface area (Å²) in [5, 5.41) is 9.06. The van der Waals surface area contributed by atoms with Crippen molar-refractivity contribution >= 4 is 33.4 Å². The van der Waals surface area contributed by atoms with Crippen molar-refractivity contribution in [1.82, 2.24) is 0 Å². The molecule has 18 heavy (non-hydrogen) atoms. The van der Waals surface area contributed by atoms with Crippen LogP contribution in [0.3, 0.4) is 0 Å². The maximum atomic E-state index is 12.2. The molecule has 0 spiro atoms. The number of rotatable bonds is 1. The monoisotopic (exact) mass is 306 g/mol. The fraction of sp³-hybridized carbons (Fsp3) is 0.308. The molecule has 0 saturated carbocycles. The summed E-state index contributed by atoms with van der Waals surface area (Å²) in [4.78, 5) is 25.3. The van der Waals surface area contributed by atoms with E-state index in [2.05, 4.69) is 15.9 Å². The van der Waals surface area contributed by atoms with Gasteiger partial charge in [-0.2, -0.15) is 5.26 Å². The van der Waals surface area contributed by atoms with Crippen LogP contribution in [0.25, 0.3) is 0 Å². The molecule has 4 nitrogen and oxygen atoms in total. The van der Waals surface area contributed by atoms with E-state index < -0.39 is 5.41 Å². The van der Waals surface area contributed by atoms with Crippen molar-refractivity contribution in [3.05, 3.63) is 28.2 Å². The van der Waals surface area contributed by atoms with Gasteiger partial charge in [0.15, 0.2) is 0 Å². The van der Waals surface area contributed by atoms with E-state index in [1.165, 1.54) is 0 Å². The summed E-state index contributed by atoms with van der Waals surface area (Å²) >= 11 is 3.28. The van der Waals surface area contributed by atoms with Gasteiger partial charge in [0.1, 0.15) is 6.07 Å². The molecule has 0 N–H and O–H groups in total. The Kier molecular flexibility index (Phi) is 2.99. The summed E-state index contributed by atoms with van der Waals surface area (Å²) in [7, 11) is 0. The molecule has 1 aromatic carbocycles. The first kappa shape index (κ1) is 12.8. The van der Waals surface area contributed by atoms with E-state index in [-0.39, 0.29) is 18.2 Å². The minimum absolute atomic E-state index is 0.170. The molecule has 2 amide bonds. The molecule has 0 aromatic heterocycles. The molecular formula is C13H11BrN2O2. The molecule has 1 aliphatic rings. The number of anilines is 1. The van der Waals surface area contributed by atoms with E-state index in [1.54, 1.807) is 32.0 Å². The number of hydrogen-bond acceptors (Lipinski definition) is 3. The zero-order valence-corrected chi connectivity index (χ0v) is 11.6. The number of hydrogen-bond donors (Lipinski definition) is 0. The molecule has 0 radical (unpaired) electrons. The zero-order chi connectivity index (χ0) is 13.5. The molecule has 1 fully saturated rings. The third kappa shape index (κ3) is 1.93. The first-order valence-electron chi connectivity index (χ1n) is 5.44.